The van der Waals surface area contributed by atoms with Gasteiger partial charge >= 0.3 is 0 Å². The molecule has 2 fully saturated rings. The molecular weight excluding hydrogens is 232 g/mol. The zero-order chi connectivity index (χ0) is 12.4. The molecule has 2 saturated heterocycles. The van der Waals surface area contributed by atoms with E-state index >= 15 is 0 Å². The van der Waals surface area contributed by atoms with E-state index in [0.29, 0.717) is 18.9 Å². The molecule has 0 N–H and O–H groups in total. The molecule has 0 bridgehead atoms. The monoisotopic (exact) mass is 246 g/mol. The largest absolute Gasteiger partial charge is 0.355 e. The van der Waals surface area contributed by atoms with Crippen molar-refractivity contribution in [2.24, 2.45) is 0 Å². The van der Waals surface area contributed by atoms with Gasteiger partial charge in [0.2, 0.25) is 0 Å². The number of ether oxygens (including phenoxy) is 2. The molecule has 2 aliphatic rings. The van der Waals surface area contributed by atoms with Gasteiger partial charge in [0.05, 0.1) is 13.2 Å². The summed E-state index contributed by atoms with van der Waals surface area (Å²) in [5.41, 5.74) is 0.342. The first-order valence-electron chi connectivity index (χ1n) is 6.08. The number of nitriles is 1. The Morgan fingerprint density at radius 1 is 1.17 bits per heavy atom. The molecule has 0 unspecified atom stereocenters. The van der Waals surface area contributed by atoms with Crippen LogP contribution in [0.15, 0.2) is 12.1 Å². The van der Waals surface area contributed by atoms with E-state index in [9.17, 15) is 0 Å². The van der Waals surface area contributed by atoms with Crippen LogP contribution < -0.4 is 4.90 Å². The zero-order valence-electron chi connectivity index (χ0n) is 10.0. The second-order valence-electron chi connectivity index (χ2n) is 4.48. The Hall–Kier alpha value is -1.71. The van der Waals surface area contributed by atoms with Crippen molar-refractivity contribution in [3.63, 3.8) is 0 Å². The van der Waals surface area contributed by atoms with Crippen LogP contribution in [-0.2, 0) is 9.47 Å². The highest BCUT2D eigenvalue weighted by Crippen LogP contribution is 2.32. The molecule has 0 aromatic carbocycles. The van der Waals surface area contributed by atoms with Crippen LogP contribution in [0.4, 0.5) is 5.82 Å². The van der Waals surface area contributed by atoms with Crippen LogP contribution in [0, 0.1) is 11.3 Å². The van der Waals surface area contributed by atoms with Gasteiger partial charge in [-0.3, -0.25) is 0 Å². The third-order valence-electron chi connectivity index (χ3n) is 3.43. The highest BCUT2D eigenvalue weighted by molar-refractivity contribution is 5.39. The van der Waals surface area contributed by atoms with Crippen LogP contribution in [0.5, 0.6) is 0 Å². The summed E-state index contributed by atoms with van der Waals surface area (Å²) in [7, 11) is 0. The number of piperidine rings is 1. The summed E-state index contributed by atoms with van der Waals surface area (Å²) in [5, 5.41) is 16.6. The van der Waals surface area contributed by atoms with Crippen LogP contribution in [0.25, 0.3) is 0 Å². The van der Waals surface area contributed by atoms with E-state index < -0.39 is 0 Å². The summed E-state index contributed by atoms with van der Waals surface area (Å²) >= 11 is 0. The van der Waals surface area contributed by atoms with Gasteiger partial charge < -0.3 is 14.4 Å². The van der Waals surface area contributed by atoms with Crippen molar-refractivity contribution in [1.29, 1.82) is 5.26 Å². The third kappa shape index (κ3) is 2.03. The molecule has 6 nitrogen and oxygen atoms in total. The maximum absolute atomic E-state index is 8.68. The molecule has 94 valence electrons. The predicted octanol–water partition coefficient (Wildman–Crippen LogP) is 0.692. The van der Waals surface area contributed by atoms with E-state index in [1.807, 2.05) is 12.1 Å². The van der Waals surface area contributed by atoms with Crippen LogP contribution in [0.3, 0.4) is 0 Å². The Morgan fingerprint density at radius 3 is 2.44 bits per heavy atom. The lowest BCUT2D eigenvalue weighted by atomic mass is 10.0. The molecule has 3 heterocycles. The molecule has 0 atom stereocenters. The molecule has 1 spiro atoms. The van der Waals surface area contributed by atoms with Crippen molar-refractivity contribution in [1.82, 2.24) is 10.2 Å². The zero-order valence-corrected chi connectivity index (χ0v) is 10.0. The first kappa shape index (κ1) is 11.4. The van der Waals surface area contributed by atoms with E-state index in [4.69, 9.17) is 14.7 Å². The molecule has 0 saturated carbocycles. The Bertz CT molecular complexity index is 452. The average Bonchev–Trinajstić information content (AvgIpc) is 2.88. The van der Waals surface area contributed by atoms with E-state index in [-0.39, 0.29) is 5.79 Å². The molecule has 1 aromatic heterocycles. The SMILES string of the molecule is N#Cc1ccc(N2CCC3(CC2)OCCO3)nn1. The molecular formula is C12H14N4O2. The molecule has 1 aromatic rings. The van der Waals surface area contributed by atoms with Crippen LogP contribution in [-0.4, -0.2) is 42.3 Å². The number of anilines is 1. The topological polar surface area (TPSA) is 71.3 Å². The predicted molar refractivity (Wildman–Crippen MR) is 62.8 cm³/mol. The van der Waals surface area contributed by atoms with E-state index in [2.05, 4.69) is 15.1 Å². The molecule has 2 aliphatic heterocycles. The molecule has 0 amide bonds. The van der Waals surface area contributed by atoms with Crippen molar-refractivity contribution in [3.05, 3.63) is 17.8 Å². The Kier molecular flexibility index (Phi) is 2.86. The van der Waals surface area contributed by atoms with Gasteiger partial charge in [-0.2, -0.15) is 5.26 Å². The van der Waals surface area contributed by atoms with Crippen molar-refractivity contribution >= 4 is 5.82 Å². The van der Waals surface area contributed by atoms with Crippen molar-refractivity contribution in [2.45, 2.75) is 18.6 Å². The molecule has 18 heavy (non-hydrogen) atoms. The van der Waals surface area contributed by atoms with Gasteiger partial charge in [0.25, 0.3) is 0 Å². The van der Waals surface area contributed by atoms with E-state index in [1.54, 1.807) is 6.07 Å². The highest BCUT2D eigenvalue weighted by atomic mass is 16.7. The number of aromatic nitrogens is 2. The second kappa shape index (κ2) is 4.52. The minimum absolute atomic E-state index is 0.342. The quantitative estimate of drug-likeness (QED) is 0.726. The normalized spacial score (nSPS) is 22.1. The fraction of sp³-hybridized carbons (Fsp3) is 0.583. The molecule has 3 rings (SSSR count). The second-order valence-corrected chi connectivity index (χ2v) is 4.48. The summed E-state index contributed by atoms with van der Waals surface area (Å²) in [6.45, 7) is 3.05. The number of rotatable bonds is 1. The smallest absolute Gasteiger partial charge is 0.171 e. The lowest BCUT2D eigenvalue weighted by Crippen LogP contribution is -2.45. The van der Waals surface area contributed by atoms with Crippen LogP contribution >= 0.6 is 0 Å². The Morgan fingerprint density at radius 2 is 1.89 bits per heavy atom. The van der Waals surface area contributed by atoms with Crippen molar-refractivity contribution in [3.8, 4) is 6.07 Å². The summed E-state index contributed by atoms with van der Waals surface area (Å²) in [6, 6.07) is 5.49. The van der Waals surface area contributed by atoms with E-state index in [1.165, 1.54) is 0 Å². The van der Waals surface area contributed by atoms with Crippen LogP contribution in [0.2, 0.25) is 0 Å². The average molecular weight is 246 g/mol. The molecule has 0 aliphatic carbocycles. The fourth-order valence-electron chi connectivity index (χ4n) is 2.42. The highest BCUT2D eigenvalue weighted by Gasteiger charge is 2.40. The third-order valence-corrected chi connectivity index (χ3v) is 3.43. The van der Waals surface area contributed by atoms with Gasteiger partial charge in [0.1, 0.15) is 6.07 Å². The fourth-order valence-corrected chi connectivity index (χ4v) is 2.42. The van der Waals surface area contributed by atoms with Crippen LogP contribution in [0.1, 0.15) is 18.5 Å². The van der Waals surface area contributed by atoms with Crippen molar-refractivity contribution in [2.75, 3.05) is 31.2 Å². The lowest BCUT2D eigenvalue weighted by molar-refractivity contribution is -0.169. The van der Waals surface area contributed by atoms with E-state index in [0.717, 1.165) is 31.7 Å². The summed E-state index contributed by atoms with van der Waals surface area (Å²) in [4.78, 5) is 2.14. The van der Waals surface area contributed by atoms with Gasteiger partial charge in [0, 0.05) is 25.9 Å². The Balaban J connectivity index is 1.66. The maximum atomic E-state index is 8.68. The summed E-state index contributed by atoms with van der Waals surface area (Å²) < 4.78 is 11.3. The molecule has 6 heteroatoms. The van der Waals surface area contributed by atoms with Gasteiger partial charge in [-0.1, -0.05) is 0 Å². The Labute approximate surface area is 105 Å². The van der Waals surface area contributed by atoms with Gasteiger partial charge in [-0.15, -0.1) is 10.2 Å². The summed E-state index contributed by atoms with van der Waals surface area (Å²) in [6.07, 6.45) is 1.68. The minimum atomic E-state index is -0.365. The molecule has 0 radical (unpaired) electrons. The maximum Gasteiger partial charge on any atom is 0.171 e. The minimum Gasteiger partial charge on any atom is -0.355 e. The number of hydrogen-bond acceptors (Lipinski definition) is 6. The van der Waals surface area contributed by atoms with Gasteiger partial charge in [0.15, 0.2) is 17.3 Å². The summed E-state index contributed by atoms with van der Waals surface area (Å²) in [5.74, 6) is 0.443. The van der Waals surface area contributed by atoms with Crippen molar-refractivity contribution < 1.29 is 9.47 Å². The first-order chi connectivity index (χ1) is 8.81. The van der Waals surface area contributed by atoms with Gasteiger partial charge in [-0.25, -0.2) is 0 Å². The lowest BCUT2D eigenvalue weighted by Gasteiger charge is -2.37. The standard InChI is InChI=1S/C12H14N4O2/c13-9-10-1-2-11(15-14-10)16-5-3-12(4-6-16)17-7-8-18-12/h1-2H,3-8H2. The number of hydrogen-bond donors (Lipinski definition) is 0. The van der Waals surface area contributed by atoms with Gasteiger partial charge in [-0.05, 0) is 12.1 Å². The number of nitrogens with zero attached hydrogens (tertiary/aromatic N) is 4. The first-order valence-corrected chi connectivity index (χ1v) is 6.08.